The molecule has 0 unspecified atom stereocenters. The van der Waals surface area contributed by atoms with E-state index in [1.807, 2.05) is 65.3 Å². The molecule has 4 aromatic rings. The number of allylic oxidation sites excluding steroid dienone is 1. The van der Waals surface area contributed by atoms with Crippen molar-refractivity contribution in [2.45, 2.75) is 12.5 Å². The largest absolute Gasteiger partial charge is 0.457 e. The Kier molecular flexibility index (Phi) is 5.62. The van der Waals surface area contributed by atoms with Crippen LogP contribution in [0.15, 0.2) is 73.1 Å². The van der Waals surface area contributed by atoms with Crippen molar-refractivity contribution in [1.29, 1.82) is 5.26 Å². The number of likely N-dealkylation sites (tertiary alicyclic amines) is 1. The fourth-order valence-corrected chi connectivity index (χ4v) is 4.11. The second kappa shape index (κ2) is 9.03. The molecule has 168 valence electrons. The van der Waals surface area contributed by atoms with Crippen LogP contribution in [0.5, 0.6) is 11.5 Å². The van der Waals surface area contributed by atoms with Gasteiger partial charge in [0.15, 0.2) is 5.65 Å². The summed E-state index contributed by atoms with van der Waals surface area (Å²) in [5.74, 6) is 1.62. The summed E-state index contributed by atoms with van der Waals surface area (Å²) in [6, 6.07) is 19.0. The van der Waals surface area contributed by atoms with E-state index in [1.165, 1.54) is 18.5 Å². The fraction of sp³-hybridized carbons (Fsp3) is 0.160. The molecule has 2 aromatic heterocycles. The normalized spacial score (nSPS) is 15.6. The Morgan fingerprint density at radius 1 is 1.12 bits per heavy atom. The molecule has 9 nitrogen and oxygen atoms in total. The first kappa shape index (κ1) is 21.2. The molecule has 2 N–H and O–H groups in total. The molecule has 2 aromatic carbocycles. The number of aromatic nitrogens is 4. The van der Waals surface area contributed by atoms with Gasteiger partial charge in [-0.25, -0.2) is 14.6 Å². The molecule has 5 rings (SSSR count). The number of hydrogen-bond acceptors (Lipinski definition) is 7. The van der Waals surface area contributed by atoms with E-state index < -0.39 is 0 Å². The predicted octanol–water partition coefficient (Wildman–Crippen LogP) is 3.72. The number of para-hydroxylation sites is 1. The number of benzene rings is 2. The summed E-state index contributed by atoms with van der Waals surface area (Å²) in [5, 5.41) is 14.2. The summed E-state index contributed by atoms with van der Waals surface area (Å²) < 4.78 is 7.72. The number of nitrogens with two attached hydrogens (primary N) is 1. The molecular weight excluding hydrogens is 430 g/mol. The van der Waals surface area contributed by atoms with Gasteiger partial charge >= 0.3 is 0 Å². The van der Waals surface area contributed by atoms with Crippen LogP contribution in [0.2, 0.25) is 0 Å². The number of ether oxygens (including phenoxy) is 1. The van der Waals surface area contributed by atoms with Gasteiger partial charge in [0.2, 0.25) is 5.91 Å². The maximum atomic E-state index is 12.3. The van der Waals surface area contributed by atoms with Crippen molar-refractivity contribution in [2.75, 3.05) is 18.8 Å². The summed E-state index contributed by atoms with van der Waals surface area (Å²) in [7, 11) is 0. The molecule has 0 spiro atoms. The molecule has 0 aliphatic carbocycles. The number of nitriles is 1. The lowest BCUT2D eigenvalue weighted by Crippen LogP contribution is -2.27. The van der Waals surface area contributed by atoms with Gasteiger partial charge in [0, 0.05) is 30.8 Å². The minimum Gasteiger partial charge on any atom is -0.457 e. The van der Waals surface area contributed by atoms with Crippen LogP contribution in [0.1, 0.15) is 12.5 Å². The number of carbonyl (C=O) groups is 1. The van der Waals surface area contributed by atoms with Crippen LogP contribution < -0.4 is 10.5 Å². The van der Waals surface area contributed by atoms with Crippen molar-refractivity contribution in [3.05, 3.63) is 73.1 Å². The lowest BCUT2D eigenvalue weighted by Gasteiger charge is -2.14. The number of fused-ring (bicyclic) bond motifs is 1. The molecule has 1 aliphatic heterocycles. The van der Waals surface area contributed by atoms with Crippen molar-refractivity contribution >= 4 is 22.8 Å². The SMILES string of the molecule is N#C/C=C\C(=O)N1CC[C@@H](n2nc(-c3ccc(Oc4ccccc4)cc3)c3c(N)ncnc32)C1. The van der Waals surface area contributed by atoms with Crippen molar-refractivity contribution < 1.29 is 9.53 Å². The Morgan fingerprint density at radius 2 is 1.88 bits per heavy atom. The van der Waals surface area contributed by atoms with Crippen molar-refractivity contribution in [1.82, 2.24) is 24.6 Å². The van der Waals surface area contributed by atoms with Gasteiger partial charge in [-0.2, -0.15) is 10.4 Å². The topological polar surface area (TPSA) is 123 Å². The standard InChI is InChI=1S/C25H21N7O2/c26-13-4-7-21(33)31-14-12-18(15-31)32-25-22(24(27)28-16-29-25)23(30-32)17-8-10-20(11-9-17)34-19-5-2-1-3-6-19/h1-11,16,18H,12,14-15H2,(H2,27,28,29)/b7-4-/t18-/m1/s1. The highest BCUT2D eigenvalue weighted by atomic mass is 16.5. The highest BCUT2D eigenvalue weighted by Crippen LogP contribution is 2.35. The lowest BCUT2D eigenvalue weighted by molar-refractivity contribution is -0.125. The number of carbonyl (C=O) groups excluding carboxylic acids is 1. The van der Waals surface area contributed by atoms with E-state index >= 15 is 0 Å². The van der Waals surface area contributed by atoms with E-state index in [0.717, 1.165) is 17.7 Å². The second-order valence-electron chi connectivity index (χ2n) is 7.88. The number of amides is 1. The first-order valence-corrected chi connectivity index (χ1v) is 10.8. The number of rotatable bonds is 5. The van der Waals surface area contributed by atoms with E-state index in [1.54, 1.807) is 4.90 Å². The van der Waals surface area contributed by atoms with E-state index in [4.69, 9.17) is 20.8 Å². The predicted molar refractivity (Wildman–Crippen MR) is 127 cm³/mol. The summed E-state index contributed by atoms with van der Waals surface area (Å²) in [5.41, 5.74) is 8.39. The molecule has 0 saturated carbocycles. The summed E-state index contributed by atoms with van der Waals surface area (Å²) in [6.07, 6.45) is 4.62. The smallest absolute Gasteiger partial charge is 0.247 e. The monoisotopic (exact) mass is 451 g/mol. The quantitative estimate of drug-likeness (QED) is 0.362. The zero-order chi connectivity index (χ0) is 23.5. The third kappa shape index (κ3) is 4.04. The third-order valence-electron chi connectivity index (χ3n) is 5.75. The van der Waals surface area contributed by atoms with Gasteiger partial charge < -0.3 is 15.4 Å². The fourth-order valence-electron chi connectivity index (χ4n) is 4.11. The summed E-state index contributed by atoms with van der Waals surface area (Å²) in [6.45, 7) is 1.04. The Morgan fingerprint density at radius 3 is 2.65 bits per heavy atom. The van der Waals surface area contributed by atoms with E-state index in [-0.39, 0.29) is 11.9 Å². The maximum Gasteiger partial charge on any atom is 0.247 e. The van der Waals surface area contributed by atoms with Crippen LogP contribution in [0, 0.1) is 11.3 Å². The van der Waals surface area contributed by atoms with Crippen LogP contribution in [0.4, 0.5) is 5.82 Å². The van der Waals surface area contributed by atoms with Gasteiger partial charge in [-0.3, -0.25) is 4.79 Å². The zero-order valence-electron chi connectivity index (χ0n) is 18.2. The van der Waals surface area contributed by atoms with E-state index in [0.29, 0.717) is 41.4 Å². The molecule has 0 radical (unpaired) electrons. The Balaban J connectivity index is 1.46. The van der Waals surface area contributed by atoms with Gasteiger partial charge in [0.25, 0.3) is 0 Å². The average Bonchev–Trinajstić information content (AvgIpc) is 3.50. The molecular formula is C25H21N7O2. The first-order chi connectivity index (χ1) is 16.6. The second-order valence-corrected chi connectivity index (χ2v) is 7.88. The number of hydrogen-bond donors (Lipinski definition) is 1. The molecule has 9 heteroatoms. The van der Waals surface area contributed by atoms with Gasteiger partial charge in [-0.1, -0.05) is 18.2 Å². The molecule has 34 heavy (non-hydrogen) atoms. The third-order valence-corrected chi connectivity index (χ3v) is 5.75. The van der Waals surface area contributed by atoms with Crippen molar-refractivity contribution in [3.63, 3.8) is 0 Å². The van der Waals surface area contributed by atoms with Crippen LogP contribution >= 0.6 is 0 Å². The van der Waals surface area contributed by atoms with Crippen LogP contribution in [0.25, 0.3) is 22.3 Å². The molecule has 3 heterocycles. The van der Waals surface area contributed by atoms with Crippen LogP contribution in [0.3, 0.4) is 0 Å². The average molecular weight is 451 g/mol. The molecule has 1 aliphatic rings. The number of nitrogens with zero attached hydrogens (tertiary/aromatic N) is 6. The molecule has 0 bridgehead atoms. The number of nitrogen functional groups attached to an aromatic ring is 1. The number of anilines is 1. The van der Waals surface area contributed by atoms with Crippen molar-refractivity contribution in [2.24, 2.45) is 0 Å². The van der Waals surface area contributed by atoms with Crippen LogP contribution in [-0.2, 0) is 4.79 Å². The Hall–Kier alpha value is -4.71. The first-order valence-electron chi connectivity index (χ1n) is 10.8. The van der Waals surface area contributed by atoms with E-state index in [2.05, 4.69) is 9.97 Å². The zero-order valence-corrected chi connectivity index (χ0v) is 18.2. The molecule has 1 atom stereocenters. The van der Waals surface area contributed by atoms with Gasteiger partial charge in [-0.15, -0.1) is 0 Å². The molecule has 1 fully saturated rings. The minimum absolute atomic E-state index is 0.0642. The van der Waals surface area contributed by atoms with Gasteiger partial charge in [-0.05, 0) is 42.8 Å². The van der Waals surface area contributed by atoms with Gasteiger partial charge in [0.1, 0.15) is 29.3 Å². The minimum atomic E-state index is -0.191. The lowest BCUT2D eigenvalue weighted by atomic mass is 10.1. The summed E-state index contributed by atoms with van der Waals surface area (Å²) in [4.78, 5) is 22.6. The van der Waals surface area contributed by atoms with E-state index in [9.17, 15) is 4.79 Å². The molecule has 1 amide bonds. The van der Waals surface area contributed by atoms with Crippen LogP contribution in [-0.4, -0.2) is 43.6 Å². The highest BCUT2D eigenvalue weighted by molar-refractivity contribution is 5.98. The van der Waals surface area contributed by atoms with Crippen molar-refractivity contribution in [3.8, 4) is 28.8 Å². The highest BCUT2D eigenvalue weighted by Gasteiger charge is 2.30. The Bertz CT molecular complexity index is 1410. The van der Waals surface area contributed by atoms with Gasteiger partial charge in [0.05, 0.1) is 17.5 Å². The summed E-state index contributed by atoms with van der Waals surface area (Å²) >= 11 is 0. The maximum absolute atomic E-state index is 12.3. The Labute approximate surface area is 195 Å². The molecule has 1 saturated heterocycles.